The van der Waals surface area contributed by atoms with Gasteiger partial charge in [0.1, 0.15) is 0 Å². The molecule has 1 saturated heterocycles. The molecule has 0 amide bonds. The molecule has 7 heteroatoms. The normalized spacial score (nSPS) is 19.5. The van der Waals surface area contributed by atoms with Crippen LogP contribution in [0, 0.1) is 0 Å². The molecule has 1 fully saturated rings. The Labute approximate surface area is 95.5 Å². The summed E-state index contributed by atoms with van der Waals surface area (Å²) in [6, 6.07) is 0.736. The van der Waals surface area contributed by atoms with E-state index in [4.69, 9.17) is 24.6 Å². The van der Waals surface area contributed by atoms with Crippen molar-refractivity contribution in [3.05, 3.63) is 0 Å². The molecule has 1 heterocycles. The number of hydrogen-bond donors (Lipinski definition) is 2. The van der Waals surface area contributed by atoms with E-state index < -0.39 is 16.5 Å². The van der Waals surface area contributed by atoms with Crippen LogP contribution in [0.5, 0.6) is 0 Å². The first-order valence-electron chi connectivity index (χ1n) is 3.61. The molecule has 0 aromatic carbocycles. The van der Waals surface area contributed by atoms with Crippen molar-refractivity contribution in [1.82, 2.24) is 5.32 Å². The second-order valence-electron chi connectivity index (χ2n) is 2.42. The fraction of sp³-hybridized carbons (Fsp3) is 1.00. The van der Waals surface area contributed by atoms with Crippen molar-refractivity contribution in [1.29, 1.82) is 0 Å². The van der Waals surface area contributed by atoms with Gasteiger partial charge >= 0.3 is 35.3 Å². The Morgan fingerprint density at radius 3 is 2.23 bits per heavy atom. The van der Waals surface area contributed by atoms with Gasteiger partial charge in [0.2, 0.25) is 0 Å². The molecule has 13 heavy (non-hydrogen) atoms. The van der Waals surface area contributed by atoms with E-state index in [1.54, 1.807) is 0 Å². The molecule has 7 N–H and O–H groups in total. The zero-order valence-electron chi connectivity index (χ0n) is 7.26. The Hall–Kier alpha value is 1.11. The Bertz CT molecular complexity index is 87.0. The molecule has 1 rings (SSSR count). The maximum absolute atomic E-state index is 5.37. The molecule has 0 saturated carbocycles. The number of hydrogen-bond acceptors (Lipinski definition) is 2. The van der Waals surface area contributed by atoms with E-state index in [0.29, 0.717) is 0 Å². The van der Waals surface area contributed by atoms with Crippen molar-refractivity contribution < 1.29 is 27.4 Å². The monoisotopic (exact) mass is 415 g/mol. The van der Waals surface area contributed by atoms with Crippen molar-refractivity contribution in [3.8, 4) is 0 Å². The van der Waals surface area contributed by atoms with Crippen molar-refractivity contribution in [2.75, 3.05) is 13.1 Å². The van der Waals surface area contributed by atoms with Crippen LogP contribution in [0.1, 0.15) is 19.3 Å². The van der Waals surface area contributed by atoms with Crippen molar-refractivity contribution in [3.63, 3.8) is 0 Å². The first-order valence-corrected chi connectivity index (χ1v) is 9.24. The predicted molar refractivity (Wildman–Crippen MR) is 53.6 cm³/mol. The van der Waals surface area contributed by atoms with Crippen LogP contribution in [0.2, 0.25) is 0 Å². The molecule has 1 aliphatic heterocycles. The quantitative estimate of drug-likeness (QED) is 0.653. The molecule has 0 aromatic rings. The minimum absolute atomic E-state index is 0. The Kier molecular flexibility index (Phi) is 23.5. The van der Waals surface area contributed by atoms with E-state index in [2.05, 4.69) is 5.32 Å². The van der Waals surface area contributed by atoms with Crippen LogP contribution < -0.4 is 11.1 Å². The van der Waals surface area contributed by atoms with Crippen LogP contribution >= 0.6 is 18.8 Å². The molecule has 88 valence electrons. The summed E-state index contributed by atoms with van der Waals surface area (Å²) in [6.07, 6.45) is 3.82. The molecular formula is C6H18Cl2N2O2Pt. The molecule has 4 nitrogen and oxygen atoms in total. The molecule has 0 bridgehead atoms. The van der Waals surface area contributed by atoms with E-state index in [1.807, 2.05) is 0 Å². The fourth-order valence-corrected chi connectivity index (χ4v) is 1.20. The Morgan fingerprint density at radius 2 is 1.92 bits per heavy atom. The molecule has 0 aromatic heterocycles. The second-order valence-corrected chi connectivity index (χ2v) is 5.70. The average Bonchev–Trinajstić information content (AvgIpc) is 2.42. The molecular weight excluding hydrogens is 398 g/mol. The van der Waals surface area contributed by atoms with E-state index in [1.165, 1.54) is 19.4 Å². The summed E-state index contributed by atoms with van der Waals surface area (Å²) in [6.45, 7) is 2.03. The van der Waals surface area contributed by atoms with E-state index in [0.717, 1.165) is 19.0 Å². The molecule has 0 aliphatic carbocycles. The third-order valence-corrected chi connectivity index (χ3v) is 1.68. The van der Waals surface area contributed by atoms with Crippen LogP contribution in [0.3, 0.4) is 0 Å². The summed E-state index contributed by atoms with van der Waals surface area (Å²) < 4.78 is 0. The van der Waals surface area contributed by atoms with Gasteiger partial charge in [-0.15, -0.1) is 0 Å². The van der Waals surface area contributed by atoms with Gasteiger partial charge in [0, 0.05) is 6.04 Å². The van der Waals surface area contributed by atoms with E-state index in [9.17, 15) is 0 Å². The minimum atomic E-state index is -0.472. The van der Waals surface area contributed by atoms with Crippen LogP contribution in [0.25, 0.3) is 0 Å². The molecule has 1 aliphatic rings. The maximum atomic E-state index is 5.37. The summed E-state index contributed by atoms with van der Waals surface area (Å²) in [5.41, 5.74) is 5.37. The van der Waals surface area contributed by atoms with Crippen LogP contribution in [-0.2, 0) is 16.5 Å². The van der Waals surface area contributed by atoms with Crippen LogP contribution in [-0.4, -0.2) is 30.1 Å². The zero-order chi connectivity index (χ0) is 8.53. The summed E-state index contributed by atoms with van der Waals surface area (Å²) in [5, 5.41) is 3.38. The first-order chi connectivity index (χ1) is 5.35. The third kappa shape index (κ3) is 13.1. The fourth-order valence-electron chi connectivity index (χ4n) is 1.20. The zero-order valence-corrected chi connectivity index (χ0v) is 11.0. The molecule has 1 unspecified atom stereocenters. The van der Waals surface area contributed by atoms with Gasteiger partial charge in [-0.1, -0.05) is 0 Å². The number of nitrogens with one attached hydrogen (secondary N) is 1. The summed E-state index contributed by atoms with van der Waals surface area (Å²) in [7, 11) is 9.75. The van der Waals surface area contributed by atoms with Gasteiger partial charge in [-0.05, 0) is 32.4 Å². The van der Waals surface area contributed by atoms with Crippen LogP contribution in [0.15, 0.2) is 0 Å². The van der Waals surface area contributed by atoms with Gasteiger partial charge in [0.15, 0.2) is 0 Å². The first kappa shape index (κ1) is 19.6. The number of halogens is 2. The van der Waals surface area contributed by atoms with E-state index >= 15 is 0 Å². The second kappa shape index (κ2) is 15.6. The van der Waals surface area contributed by atoms with Gasteiger partial charge in [0.25, 0.3) is 0 Å². The Balaban J connectivity index is -0.000000180. The van der Waals surface area contributed by atoms with E-state index in [-0.39, 0.29) is 11.0 Å². The molecule has 0 spiro atoms. The SMILES string of the molecule is NCCC1CCCN1.O.O.[Cl][Pt][Cl]. The van der Waals surface area contributed by atoms with Gasteiger partial charge in [-0.25, -0.2) is 0 Å². The van der Waals surface area contributed by atoms with Gasteiger partial charge in [0.05, 0.1) is 0 Å². The summed E-state index contributed by atoms with van der Waals surface area (Å²) >= 11 is -0.472. The summed E-state index contributed by atoms with van der Waals surface area (Å²) in [5.74, 6) is 0. The van der Waals surface area contributed by atoms with Gasteiger partial charge < -0.3 is 22.0 Å². The van der Waals surface area contributed by atoms with Crippen molar-refractivity contribution >= 4 is 18.8 Å². The topological polar surface area (TPSA) is 101 Å². The summed E-state index contributed by atoms with van der Waals surface area (Å²) in [4.78, 5) is 0. The number of nitrogens with two attached hydrogens (primary N) is 1. The molecule has 0 radical (unpaired) electrons. The average molecular weight is 416 g/mol. The number of rotatable bonds is 2. The predicted octanol–water partition coefficient (Wildman–Crippen LogP) is -0.186. The third-order valence-electron chi connectivity index (χ3n) is 1.68. The van der Waals surface area contributed by atoms with Crippen LogP contribution in [0.4, 0.5) is 0 Å². The van der Waals surface area contributed by atoms with Crippen molar-refractivity contribution in [2.24, 2.45) is 5.73 Å². The molecule has 1 atom stereocenters. The van der Waals surface area contributed by atoms with Gasteiger partial charge in [-0.3, -0.25) is 0 Å². The standard InChI is InChI=1S/C6H14N2.2ClH.2H2O.Pt/c7-4-3-6-2-1-5-8-6;;;;;/h6,8H,1-5,7H2;2*1H;2*1H2;/q;;;;;+2/p-2. The van der Waals surface area contributed by atoms with Gasteiger partial charge in [-0.2, -0.15) is 0 Å². The van der Waals surface area contributed by atoms with Crippen molar-refractivity contribution in [2.45, 2.75) is 25.3 Å². The Morgan fingerprint density at radius 1 is 1.38 bits per heavy atom.